The van der Waals surface area contributed by atoms with E-state index in [4.69, 9.17) is 4.52 Å². The molecule has 0 radical (unpaired) electrons. The zero-order chi connectivity index (χ0) is 14.3. The van der Waals surface area contributed by atoms with Gasteiger partial charge in [-0.1, -0.05) is 5.16 Å². The van der Waals surface area contributed by atoms with Gasteiger partial charge in [0.15, 0.2) is 0 Å². The molecule has 0 fully saturated rings. The molecular weight excluding hydrogens is 256 g/mol. The second kappa shape index (κ2) is 4.77. The molecule has 0 aliphatic carbocycles. The van der Waals surface area contributed by atoms with Crippen LogP contribution in [0, 0.1) is 13.8 Å². The highest BCUT2D eigenvalue weighted by atomic mass is 16.5. The number of aryl methyl sites for hydroxylation is 2. The Labute approximate surface area is 117 Å². The van der Waals surface area contributed by atoms with E-state index in [0.29, 0.717) is 13.1 Å². The third kappa shape index (κ3) is 2.11. The Morgan fingerprint density at radius 2 is 2.25 bits per heavy atom. The maximum atomic E-state index is 12.6. The van der Waals surface area contributed by atoms with E-state index in [2.05, 4.69) is 10.3 Å². The SMILES string of the molecule is Cc1cc(C)n([C@H](C)C(=O)N2CCc3nocc3C2)n1. The number of hydrogen-bond acceptors (Lipinski definition) is 4. The van der Waals surface area contributed by atoms with Crippen molar-refractivity contribution in [2.45, 2.75) is 39.8 Å². The fourth-order valence-electron chi connectivity index (χ4n) is 2.74. The van der Waals surface area contributed by atoms with E-state index in [1.165, 1.54) is 0 Å². The number of amides is 1. The van der Waals surface area contributed by atoms with Crippen molar-refractivity contribution in [1.82, 2.24) is 19.8 Å². The lowest BCUT2D eigenvalue weighted by atomic mass is 10.1. The van der Waals surface area contributed by atoms with Gasteiger partial charge in [0, 0.05) is 24.2 Å². The summed E-state index contributed by atoms with van der Waals surface area (Å²) in [6.07, 6.45) is 2.38. The summed E-state index contributed by atoms with van der Waals surface area (Å²) >= 11 is 0. The Morgan fingerprint density at radius 3 is 2.95 bits per heavy atom. The summed E-state index contributed by atoms with van der Waals surface area (Å²) in [5.74, 6) is 0.0862. The molecule has 2 aromatic heterocycles. The molecule has 106 valence electrons. The van der Waals surface area contributed by atoms with Gasteiger partial charge in [-0.05, 0) is 26.8 Å². The summed E-state index contributed by atoms with van der Waals surface area (Å²) in [7, 11) is 0. The minimum atomic E-state index is -0.287. The Balaban J connectivity index is 1.78. The lowest BCUT2D eigenvalue weighted by Crippen LogP contribution is -2.40. The van der Waals surface area contributed by atoms with E-state index in [-0.39, 0.29) is 11.9 Å². The number of aromatic nitrogens is 3. The van der Waals surface area contributed by atoms with Crippen molar-refractivity contribution in [2.75, 3.05) is 6.54 Å². The monoisotopic (exact) mass is 274 g/mol. The number of carbonyl (C=O) groups is 1. The molecule has 0 saturated carbocycles. The Kier molecular flexibility index (Phi) is 3.08. The van der Waals surface area contributed by atoms with Crippen LogP contribution in [0.25, 0.3) is 0 Å². The first-order valence-corrected chi connectivity index (χ1v) is 6.80. The highest BCUT2D eigenvalue weighted by Crippen LogP contribution is 2.21. The summed E-state index contributed by atoms with van der Waals surface area (Å²) in [5, 5.41) is 8.34. The molecule has 0 N–H and O–H groups in total. The second-order valence-corrected chi connectivity index (χ2v) is 5.34. The Morgan fingerprint density at radius 1 is 1.45 bits per heavy atom. The van der Waals surface area contributed by atoms with Crippen LogP contribution >= 0.6 is 0 Å². The molecule has 0 spiro atoms. The van der Waals surface area contributed by atoms with Crippen LogP contribution in [0.5, 0.6) is 0 Å². The van der Waals surface area contributed by atoms with Crippen molar-refractivity contribution in [2.24, 2.45) is 0 Å². The van der Waals surface area contributed by atoms with Crippen molar-refractivity contribution in [3.05, 3.63) is 35.0 Å². The van der Waals surface area contributed by atoms with Crippen LogP contribution in [0.2, 0.25) is 0 Å². The first-order chi connectivity index (χ1) is 9.56. The summed E-state index contributed by atoms with van der Waals surface area (Å²) in [5.41, 5.74) is 3.91. The summed E-state index contributed by atoms with van der Waals surface area (Å²) in [4.78, 5) is 14.5. The lowest BCUT2D eigenvalue weighted by molar-refractivity contribution is -0.135. The van der Waals surface area contributed by atoms with Gasteiger partial charge >= 0.3 is 0 Å². The Hall–Kier alpha value is -2.11. The molecule has 0 saturated heterocycles. The van der Waals surface area contributed by atoms with Gasteiger partial charge in [0.05, 0.1) is 17.9 Å². The maximum absolute atomic E-state index is 12.6. The number of fused-ring (bicyclic) bond motifs is 1. The first-order valence-electron chi connectivity index (χ1n) is 6.80. The highest BCUT2D eigenvalue weighted by molar-refractivity contribution is 5.80. The van der Waals surface area contributed by atoms with Crippen LogP contribution in [0.15, 0.2) is 16.9 Å². The van der Waals surface area contributed by atoms with Gasteiger partial charge in [0.1, 0.15) is 12.3 Å². The molecule has 1 amide bonds. The molecule has 0 unspecified atom stereocenters. The molecule has 0 aromatic carbocycles. The van der Waals surface area contributed by atoms with E-state index in [9.17, 15) is 4.79 Å². The normalized spacial score (nSPS) is 16.1. The molecule has 1 aliphatic rings. The number of carbonyl (C=O) groups excluding carboxylic acids is 1. The molecule has 3 rings (SSSR count). The van der Waals surface area contributed by atoms with Gasteiger partial charge in [-0.2, -0.15) is 5.10 Å². The van der Waals surface area contributed by atoms with Crippen LogP contribution < -0.4 is 0 Å². The van der Waals surface area contributed by atoms with Crippen molar-refractivity contribution < 1.29 is 9.32 Å². The largest absolute Gasteiger partial charge is 0.364 e. The van der Waals surface area contributed by atoms with E-state index in [1.54, 1.807) is 10.9 Å². The van der Waals surface area contributed by atoms with Crippen LogP contribution in [-0.4, -0.2) is 32.3 Å². The van der Waals surface area contributed by atoms with Crippen LogP contribution in [0.4, 0.5) is 0 Å². The van der Waals surface area contributed by atoms with E-state index >= 15 is 0 Å². The topological polar surface area (TPSA) is 64.2 Å². The maximum Gasteiger partial charge on any atom is 0.247 e. The van der Waals surface area contributed by atoms with E-state index < -0.39 is 0 Å². The van der Waals surface area contributed by atoms with Crippen LogP contribution in [0.1, 0.15) is 35.6 Å². The molecular formula is C14H18N4O2. The zero-order valence-corrected chi connectivity index (χ0v) is 12.0. The average molecular weight is 274 g/mol. The van der Waals surface area contributed by atoms with Gasteiger partial charge < -0.3 is 9.42 Å². The smallest absolute Gasteiger partial charge is 0.247 e. The highest BCUT2D eigenvalue weighted by Gasteiger charge is 2.28. The van der Waals surface area contributed by atoms with Crippen molar-refractivity contribution in [3.63, 3.8) is 0 Å². The molecule has 1 atom stereocenters. The minimum absolute atomic E-state index is 0.0862. The Bertz CT molecular complexity index is 643. The predicted octanol–water partition coefficient (Wildman–Crippen LogP) is 1.63. The molecule has 6 heteroatoms. The molecule has 0 bridgehead atoms. The van der Waals surface area contributed by atoms with Crippen LogP contribution in [0.3, 0.4) is 0 Å². The molecule has 3 heterocycles. The quantitative estimate of drug-likeness (QED) is 0.835. The molecule has 2 aromatic rings. The third-order valence-electron chi connectivity index (χ3n) is 3.79. The summed E-state index contributed by atoms with van der Waals surface area (Å²) in [6, 6.07) is 1.70. The van der Waals surface area contributed by atoms with E-state index in [0.717, 1.165) is 29.1 Å². The van der Waals surface area contributed by atoms with Gasteiger partial charge in [0.25, 0.3) is 0 Å². The molecule has 1 aliphatic heterocycles. The van der Waals surface area contributed by atoms with Gasteiger partial charge in [-0.3, -0.25) is 9.48 Å². The predicted molar refractivity (Wildman–Crippen MR) is 72.0 cm³/mol. The lowest BCUT2D eigenvalue weighted by Gasteiger charge is -2.28. The summed E-state index contributed by atoms with van der Waals surface area (Å²) in [6.45, 7) is 7.05. The fraction of sp³-hybridized carbons (Fsp3) is 0.500. The minimum Gasteiger partial charge on any atom is -0.364 e. The zero-order valence-electron chi connectivity index (χ0n) is 12.0. The van der Waals surface area contributed by atoms with Gasteiger partial charge in [0.2, 0.25) is 5.91 Å². The average Bonchev–Trinajstić information content (AvgIpc) is 3.02. The summed E-state index contributed by atoms with van der Waals surface area (Å²) < 4.78 is 6.75. The fourth-order valence-corrected chi connectivity index (χ4v) is 2.74. The number of nitrogens with zero attached hydrogens (tertiary/aromatic N) is 4. The van der Waals surface area contributed by atoms with Gasteiger partial charge in [-0.25, -0.2) is 0 Å². The van der Waals surface area contributed by atoms with E-state index in [1.807, 2.05) is 31.7 Å². The number of rotatable bonds is 2. The third-order valence-corrected chi connectivity index (χ3v) is 3.79. The van der Waals surface area contributed by atoms with Crippen molar-refractivity contribution in [3.8, 4) is 0 Å². The molecule has 6 nitrogen and oxygen atoms in total. The second-order valence-electron chi connectivity index (χ2n) is 5.34. The number of hydrogen-bond donors (Lipinski definition) is 0. The first kappa shape index (κ1) is 12.9. The van der Waals surface area contributed by atoms with Crippen LogP contribution in [-0.2, 0) is 17.8 Å². The van der Waals surface area contributed by atoms with Crippen molar-refractivity contribution in [1.29, 1.82) is 0 Å². The molecule has 20 heavy (non-hydrogen) atoms. The standard InChI is InChI=1S/C14H18N4O2/c1-9-6-10(2)18(15-9)11(3)14(19)17-5-4-13-12(7-17)8-20-16-13/h6,8,11H,4-5,7H2,1-3H3/t11-/m1/s1. The van der Waals surface area contributed by atoms with Gasteiger partial charge in [-0.15, -0.1) is 0 Å². The van der Waals surface area contributed by atoms with Crippen molar-refractivity contribution >= 4 is 5.91 Å².